The topological polar surface area (TPSA) is 87.6 Å². The second kappa shape index (κ2) is 14.5. The second-order valence-corrected chi connectivity index (χ2v) is 14.1. The molecular weight excluding hydrogens is 679 g/mol. The van der Waals surface area contributed by atoms with Crippen LogP contribution < -0.4 is 9.64 Å². The zero-order chi connectivity index (χ0) is 36.6. The summed E-state index contributed by atoms with van der Waals surface area (Å²) >= 11 is 0. The van der Waals surface area contributed by atoms with Crippen LogP contribution in [0.25, 0.3) is 39.0 Å². The normalized spacial score (nSPS) is 22.4. The van der Waals surface area contributed by atoms with Gasteiger partial charge in [0, 0.05) is 85.6 Å². The lowest BCUT2D eigenvalue weighted by molar-refractivity contribution is -0.127. The highest BCUT2D eigenvalue weighted by Gasteiger charge is 2.43. The van der Waals surface area contributed by atoms with Crippen molar-refractivity contribution in [1.29, 1.82) is 0 Å². The SMILES string of the molecule is C#Cc1cccc2cccc(-c3ncc4c(N5CC6CN(C(=O)/C(F)=C/c7ccccn7)CC6C5)nc(OC)nc4c3F)c12.FC1CC2CCCN2C1. The molecule has 53 heavy (non-hydrogen) atoms. The van der Waals surface area contributed by atoms with Gasteiger partial charge < -0.3 is 14.5 Å². The van der Waals surface area contributed by atoms with Crippen LogP contribution in [0.2, 0.25) is 0 Å². The first-order valence-electron chi connectivity index (χ1n) is 17.9. The summed E-state index contributed by atoms with van der Waals surface area (Å²) in [6.45, 7) is 3.76. The van der Waals surface area contributed by atoms with Gasteiger partial charge in [-0.3, -0.25) is 19.7 Å². The number of alkyl halides is 1. The molecule has 0 spiro atoms. The van der Waals surface area contributed by atoms with Gasteiger partial charge in [0.15, 0.2) is 11.6 Å². The molecule has 7 heterocycles. The Labute approximate surface area is 305 Å². The van der Waals surface area contributed by atoms with Crippen LogP contribution in [0, 0.1) is 30.0 Å². The van der Waals surface area contributed by atoms with Crippen molar-refractivity contribution < 1.29 is 22.7 Å². The number of anilines is 1. The fraction of sp³-hybridized carbons (Fsp3) is 0.341. The van der Waals surface area contributed by atoms with E-state index in [0.29, 0.717) is 66.8 Å². The lowest BCUT2D eigenvalue weighted by Gasteiger charge is -2.23. The molecule has 0 saturated carbocycles. The standard InChI is InChI=1S/C34H26F2N6O2.C7H12FN/c1-3-20-8-6-9-21-10-7-12-25(28(20)21)30-29(36)31-26(15-38-30)32(40-34(39-31)44-2)41-16-22-18-42(19-23(22)17-41)33(43)27(35)14-24-11-4-5-13-37-24;8-6-4-7-2-1-3-9(7)5-6/h1,4-15,22-23H,16-19H2,2H3;6-7H,1-5H2/b27-14-;. The van der Waals surface area contributed by atoms with E-state index in [0.717, 1.165) is 29.8 Å². The molecule has 0 radical (unpaired) electrons. The first-order valence-corrected chi connectivity index (χ1v) is 17.9. The van der Waals surface area contributed by atoms with Gasteiger partial charge in [-0.1, -0.05) is 42.3 Å². The molecule has 4 saturated heterocycles. The number of carbonyl (C=O) groups is 1. The number of likely N-dealkylation sites (tertiary alicyclic amines) is 1. The minimum Gasteiger partial charge on any atom is -0.467 e. The molecule has 0 N–H and O–H groups in total. The number of pyridine rings is 2. The number of ether oxygens (including phenoxy) is 1. The number of terminal acetylenes is 1. The number of fused-ring (bicyclic) bond motifs is 4. The molecule has 0 bridgehead atoms. The van der Waals surface area contributed by atoms with Crippen molar-refractivity contribution in [2.45, 2.75) is 31.5 Å². The van der Waals surface area contributed by atoms with Crippen LogP contribution in [-0.2, 0) is 4.79 Å². The van der Waals surface area contributed by atoms with Gasteiger partial charge in [-0.25, -0.2) is 13.2 Å². The Kier molecular flexibility index (Phi) is 9.43. The van der Waals surface area contributed by atoms with E-state index in [1.807, 2.05) is 35.2 Å². The number of hydrogen-bond acceptors (Lipinski definition) is 8. The number of methoxy groups -OCH3 is 1. The van der Waals surface area contributed by atoms with Gasteiger partial charge in [0.1, 0.15) is 23.2 Å². The van der Waals surface area contributed by atoms with E-state index in [-0.39, 0.29) is 29.1 Å². The summed E-state index contributed by atoms with van der Waals surface area (Å²) in [5.74, 6) is 1.28. The summed E-state index contributed by atoms with van der Waals surface area (Å²) in [6.07, 6.45) is 12.9. The fourth-order valence-corrected chi connectivity index (χ4v) is 8.36. The highest BCUT2D eigenvalue weighted by molar-refractivity contribution is 6.02. The molecule has 4 fully saturated rings. The average Bonchev–Trinajstić information content (AvgIpc) is 3.96. The van der Waals surface area contributed by atoms with Crippen LogP contribution in [0.3, 0.4) is 0 Å². The third-order valence-corrected chi connectivity index (χ3v) is 10.8. The summed E-state index contributed by atoms with van der Waals surface area (Å²) in [5.41, 5.74) is 1.81. The number of aromatic nitrogens is 4. The molecule has 0 aliphatic carbocycles. The predicted octanol–water partition coefficient (Wildman–Crippen LogP) is 6.47. The maximum atomic E-state index is 16.3. The van der Waals surface area contributed by atoms with Gasteiger partial charge >= 0.3 is 6.01 Å². The number of benzene rings is 2. The summed E-state index contributed by atoms with van der Waals surface area (Å²) in [7, 11) is 1.43. The van der Waals surface area contributed by atoms with Crippen molar-refractivity contribution in [3.05, 3.63) is 89.9 Å². The maximum Gasteiger partial charge on any atom is 0.318 e. The fourth-order valence-electron chi connectivity index (χ4n) is 8.36. The molecule has 9 nitrogen and oxygen atoms in total. The number of hydrogen-bond donors (Lipinski definition) is 0. The van der Waals surface area contributed by atoms with Crippen LogP contribution in [0.15, 0.2) is 72.8 Å². The number of carbonyl (C=O) groups excluding carboxylic acids is 1. The maximum absolute atomic E-state index is 16.3. The molecule has 270 valence electrons. The van der Waals surface area contributed by atoms with Crippen molar-refractivity contribution in [3.8, 4) is 29.6 Å². The van der Waals surface area contributed by atoms with E-state index in [1.165, 1.54) is 20.0 Å². The Bertz CT molecular complexity index is 2230. The first kappa shape index (κ1) is 34.5. The van der Waals surface area contributed by atoms with Crippen LogP contribution in [-0.4, -0.2) is 94.2 Å². The Morgan fingerprint density at radius 1 is 1.00 bits per heavy atom. The lowest BCUT2D eigenvalue weighted by Crippen LogP contribution is -2.33. The number of amides is 1. The number of nitrogens with zero attached hydrogens (tertiary/aromatic N) is 7. The van der Waals surface area contributed by atoms with Gasteiger partial charge in [-0.2, -0.15) is 9.97 Å². The molecule has 3 aromatic heterocycles. The molecule has 2 aromatic carbocycles. The van der Waals surface area contributed by atoms with Crippen LogP contribution in [0.1, 0.15) is 30.5 Å². The summed E-state index contributed by atoms with van der Waals surface area (Å²) in [5, 5.41) is 2.06. The summed E-state index contributed by atoms with van der Waals surface area (Å²) < 4.78 is 49.1. The summed E-state index contributed by atoms with van der Waals surface area (Å²) in [6, 6.07) is 16.9. The van der Waals surface area contributed by atoms with Crippen molar-refractivity contribution in [3.63, 3.8) is 0 Å². The van der Waals surface area contributed by atoms with Crippen molar-refractivity contribution in [2.75, 3.05) is 51.3 Å². The minimum atomic E-state index is -0.843. The Morgan fingerprint density at radius 3 is 2.51 bits per heavy atom. The van der Waals surface area contributed by atoms with Gasteiger partial charge in [0.2, 0.25) is 0 Å². The van der Waals surface area contributed by atoms with Gasteiger partial charge in [-0.15, -0.1) is 6.42 Å². The van der Waals surface area contributed by atoms with Crippen LogP contribution in [0.4, 0.5) is 19.0 Å². The van der Waals surface area contributed by atoms with E-state index < -0.39 is 23.7 Å². The molecule has 12 heteroatoms. The van der Waals surface area contributed by atoms with Crippen molar-refractivity contribution in [2.24, 2.45) is 11.8 Å². The van der Waals surface area contributed by atoms with Crippen LogP contribution in [0.5, 0.6) is 6.01 Å². The third-order valence-electron chi connectivity index (χ3n) is 10.8. The quantitative estimate of drug-likeness (QED) is 0.151. The van der Waals surface area contributed by atoms with E-state index >= 15 is 4.39 Å². The Hall–Kier alpha value is -5.54. The predicted molar refractivity (Wildman–Crippen MR) is 198 cm³/mol. The highest BCUT2D eigenvalue weighted by Crippen LogP contribution is 2.39. The van der Waals surface area contributed by atoms with E-state index in [4.69, 9.17) is 11.2 Å². The monoisotopic (exact) mass is 717 g/mol. The van der Waals surface area contributed by atoms with Gasteiger partial charge in [-0.05, 0) is 49.4 Å². The second-order valence-electron chi connectivity index (χ2n) is 14.1. The Morgan fingerprint density at radius 2 is 1.79 bits per heavy atom. The zero-order valence-electron chi connectivity index (χ0n) is 29.3. The summed E-state index contributed by atoms with van der Waals surface area (Å²) in [4.78, 5) is 36.3. The largest absolute Gasteiger partial charge is 0.467 e. The van der Waals surface area contributed by atoms with Gasteiger partial charge in [0.25, 0.3) is 5.91 Å². The minimum absolute atomic E-state index is 0.0291. The zero-order valence-corrected chi connectivity index (χ0v) is 29.3. The third kappa shape index (κ3) is 6.66. The Balaban J connectivity index is 0.000000386. The van der Waals surface area contributed by atoms with Crippen molar-refractivity contribution in [1.82, 2.24) is 29.7 Å². The number of rotatable bonds is 5. The average molecular weight is 718 g/mol. The van der Waals surface area contributed by atoms with Crippen LogP contribution >= 0.6 is 0 Å². The van der Waals surface area contributed by atoms with E-state index in [1.54, 1.807) is 41.6 Å². The van der Waals surface area contributed by atoms with Gasteiger partial charge in [0.05, 0.1) is 18.2 Å². The molecule has 1 amide bonds. The van der Waals surface area contributed by atoms with E-state index in [2.05, 4.69) is 30.8 Å². The van der Waals surface area contributed by atoms with E-state index in [9.17, 15) is 13.6 Å². The highest BCUT2D eigenvalue weighted by atomic mass is 19.1. The molecule has 4 atom stereocenters. The smallest absolute Gasteiger partial charge is 0.318 e. The first-order chi connectivity index (χ1) is 25.8. The molecular formula is C41H38F3N7O2. The lowest BCUT2D eigenvalue weighted by atomic mass is 9.97. The molecule has 5 aromatic rings. The van der Waals surface area contributed by atoms with Crippen molar-refractivity contribution >= 4 is 39.5 Å². The number of halogens is 3. The molecule has 4 aliphatic heterocycles. The molecule has 4 aliphatic rings. The molecule has 4 unspecified atom stereocenters. The molecule has 9 rings (SSSR count).